The highest BCUT2D eigenvalue weighted by atomic mass is 32.2. The van der Waals surface area contributed by atoms with Crippen molar-refractivity contribution in [2.24, 2.45) is 10.8 Å². The van der Waals surface area contributed by atoms with Gasteiger partial charge in [0.15, 0.2) is 28.5 Å². The third-order valence-corrected chi connectivity index (χ3v) is 26.5. The van der Waals surface area contributed by atoms with E-state index in [1.165, 1.54) is 45.3 Å². The average Bonchev–Trinajstić information content (AvgIpc) is 3.94. The van der Waals surface area contributed by atoms with Gasteiger partial charge in [-0.3, -0.25) is 37.2 Å². The highest BCUT2D eigenvalue weighted by molar-refractivity contribution is 7.90. The fourth-order valence-corrected chi connectivity index (χ4v) is 13.5. The molecule has 1 aromatic carbocycles. The molecule has 3 unspecified atom stereocenters. The molecule has 1 spiro atoms. The molecule has 3 N–H and O–H groups in total. The van der Waals surface area contributed by atoms with E-state index in [2.05, 4.69) is 15.1 Å². The molecular weight excluding hydrogens is 1070 g/mol. The van der Waals surface area contributed by atoms with Crippen molar-refractivity contribution >= 4 is 40.5 Å². The molecule has 25 nitrogen and oxygen atoms in total. The molecule has 0 amide bonds. The van der Waals surface area contributed by atoms with E-state index >= 15 is 0 Å². The monoisotopic (exact) mass is 1140 g/mol. The van der Waals surface area contributed by atoms with Crippen molar-refractivity contribution in [2.45, 2.75) is 173 Å². The van der Waals surface area contributed by atoms with Gasteiger partial charge in [0.05, 0.1) is 43.6 Å². The Bertz CT molecular complexity index is 3160. The van der Waals surface area contributed by atoms with Gasteiger partial charge >= 0.3 is 25.1 Å². The largest absolute Gasteiger partial charge is 0.468 e. The summed E-state index contributed by atoms with van der Waals surface area (Å²) in [4.78, 5) is 71.9. The number of esters is 1. The maximum absolute atomic E-state index is 14.8. The van der Waals surface area contributed by atoms with E-state index in [9.17, 15) is 42.5 Å². The summed E-state index contributed by atoms with van der Waals surface area (Å²) in [5.74, 6) is -0.615. The number of rotatable bonds is 20. The highest BCUT2D eigenvalue weighted by Gasteiger charge is 2.67. The molecule has 29 heteroatoms. The van der Waals surface area contributed by atoms with Crippen LogP contribution in [-0.2, 0) is 64.3 Å². The first-order valence-electron chi connectivity index (χ1n) is 24.7. The second-order valence-electron chi connectivity index (χ2n) is 22.3. The van der Waals surface area contributed by atoms with Gasteiger partial charge in [-0.05, 0) is 81.1 Å². The highest BCUT2D eigenvalue weighted by Crippen LogP contribution is 2.52. The summed E-state index contributed by atoms with van der Waals surface area (Å²) in [6, 6.07) is 5.88. The molecule has 2 aromatic heterocycles. The number of aryl methyl sites for hydroxylation is 2. The normalized spacial score (nSPS) is 24.9. The van der Waals surface area contributed by atoms with Crippen molar-refractivity contribution in [3.8, 4) is 5.75 Å². The van der Waals surface area contributed by atoms with Crippen LogP contribution >= 0.6 is 7.75 Å². The van der Waals surface area contributed by atoms with Gasteiger partial charge in [0.2, 0.25) is 0 Å². The topological polar surface area (TPSA) is 317 Å². The number of carbonyl (C=O) groups is 1. The van der Waals surface area contributed by atoms with Gasteiger partial charge in [0.1, 0.15) is 30.2 Å². The van der Waals surface area contributed by atoms with Crippen molar-refractivity contribution in [3.63, 3.8) is 0 Å². The van der Waals surface area contributed by atoms with Crippen molar-refractivity contribution in [3.05, 3.63) is 117 Å². The Morgan fingerprint density at radius 3 is 2.03 bits per heavy atom. The van der Waals surface area contributed by atoms with Gasteiger partial charge in [-0.1, -0.05) is 64.9 Å². The lowest BCUT2D eigenvalue weighted by atomic mass is 9.89. The number of para-hydroxylation sites is 1. The van der Waals surface area contributed by atoms with Gasteiger partial charge in [-0.15, -0.1) is 0 Å². The van der Waals surface area contributed by atoms with Gasteiger partial charge in [0.25, 0.3) is 21.2 Å². The third kappa shape index (κ3) is 12.5. The first-order valence-corrected chi connectivity index (χ1v) is 33.6. The van der Waals surface area contributed by atoms with Crippen molar-refractivity contribution in [1.29, 1.82) is 0 Å². The van der Waals surface area contributed by atoms with Crippen LogP contribution < -0.4 is 37.8 Å². The zero-order valence-electron chi connectivity index (χ0n) is 45.5. The Kier molecular flexibility index (Phi) is 17.8. The van der Waals surface area contributed by atoms with Crippen LogP contribution in [0.4, 0.5) is 0 Å². The standard InChI is InChI=1S/C47H72N9O16PSSi2/c1-29-24-55(37-23-33(50-52-49)34(68-37)26-66-73(62,51-31(3)42(59)65-10)70-32-19-16-15-17-20-32)43(60)53(39(29)57)21-18-22-54-40(58)30(2)25-56(44(54)61)41-38(71-76(13,14)46(7,8)9)47(35(48)28-74(63,64)72-47)36(69-41)27-67-75(11,12)45(4,5)6/h15-17,19-20,24-25,28,31,33-34,36-38,41H,18,21-23,26-27,48H2,1-14H3,(H,51,62)/t31?,33-,34+,36+,37+,38-,41+,47?,73?/m0/s1. The Labute approximate surface area is 443 Å². The second-order valence-corrected chi connectivity index (χ2v) is 35.0. The van der Waals surface area contributed by atoms with Gasteiger partial charge < -0.3 is 33.3 Å². The molecule has 2 fully saturated rings. The van der Waals surface area contributed by atoms with Crippen LogP contribution in [0.2, 0.25) is 36.3 Å². The fraction of sp³-hybridized carbons (Fsp3) is 0.638. The molecule has 0 bridgehead atoms. The molecule has 0 radical (unpaired) electrons. The number of ether oxygens (including phenoxy) is 3. The summed E-state index contributed by atoms with van der Waals surface area (Å²) in [5, 5.41) is 6.48. The number of azide groups is 1. The first kappa shape index (κ1) is 60.3. The zero-order valence-corrected chi connectivity index (χ0v) is 49.2. The average molecular weight is 1140 g/mol. The van der Waals surface area contributed by atoms with Gasteiger partial charge in [-0.25, -0.2) is 18.3 Å². The van der Waals surface area contributed by atoms with Crippen LogP contribution in [0.1, 0.15) is 84.9 Å². The number of hydrogen-bond donors (Lipinski definition) is 2. The minimum absolute atomic E-state index is 0.0873. The lowest BCUT2D eigenvalue weighted by Gasteiger charge is -2.43. The maximum Gasteiger partial charge on any atom is 0.459 e. The molecule has 0 saturated carbocycles. The van der Waals surface area contributed by atoms with E-state index in [0.29, 0.717) is 0 Å². The van der Waals surface area contributed by atoms with Crippen LogP contribution in [0.3, 0.4) is 0 Å². The molecule has 5 heterocycles. The Balaban J connectivity index is 1.30. The van der Waals surface area contributed by atoms with E-state index in [0.717, 1.165) is 30.8 Å². The van der Waals surface area contributed by atoms with Crippen LogP contribution in [-0.4, -0.2) is 106 Å². The predicted molar refractivity (Wildman–Crippen MR) is 285 cm³/mol. The Morgan fingerprint density at radius 1 is 0.934 bits per heavy atom. The SMILES string of the molecule is COC(=O)C(C)NP(=O)(OC[C@H]1O[C@@H](n2cc(C)c(=O)n(CCCn3c(=O)c(C)cn([C@@H]4O[C@H](CO[Si](C)(C)C(C)(C)C)C5(OS(=O)(=O)C=C5N)[C@H]4O[Si](C)(C)C(C)(C)C)c3=O)c2=O)C[C@@H]1N=[N+]=[N-])Oc1ccccc1. The molecule has 6 rings (SSSR count). The zero-order chi connectivity index (χ0) is 56.7. The number of benzene rings is 1. The number of carbonyl (C=O) groups excluding carboxylic acids is 1. The molecule has 420 valence electrons. The quantitative estimate of drug-likeness (QED) is 0.0266. The van der Waals surface area contributed by atoms with Crippen LogP contribution in [0.5, 0.6) is 5.75 Å². The number of nitrogens with one attached hydrogen (secondary N) is 1. The smallest absolute Gasteiger partial charge is 0.459 e. The van der Waals surface area contributed by atoms with Crippen LogP contribution in [0, 0.1) is 13.8 Å². The number of methoxy groups -OCH3 is 1. The van der Waals surface area contributed by atoms with E-state index in [-0.39, 0.29) is 60.1 Å². The van der Waals surface area contributed by atoms with E-state index in [4.69, 9.17) is 42.0 Å². The second kappa shape index (κ2) is 22.4. The maximum atomic E-state index is 14.8. The number of nitrogens with two attached hydrogens (primary N) is 1. The molecule has 3 aliphatic rings. The third-order valence-electron chi connectivity index (χ3n) is 14.8. The lowest BCUT2D eigenvalue weighted by molar-refractivity contribution is -0.142. The fourth-order valence-electron chi connectivity index (χ4n) is 8.47. The van der Waals surface area contributed by atoms with Crippen molar-refractivity contribution < 1.29 is 54.1 Å². The summed E-state index contributed by atoms with van der Waals surface area (Å²) in [6.45, 7) is 23.1. The Morgan fingerprint density at radius 2 is 1.50 bits per heavy atom. The summed E-state index contributed by atoms with van der Waals surface area (Å²) in [7, 11) is -13.1. The Hall–Kier alpha value is -4.97. The number of hydrogen-bond acceptors (Lipinski definition) is 18. The van der Waals surface area contributed by atoms with Crippen LogP contribution in [0.25, 0.3) is 10.4 Å². The summed E-state index contributed by atoms with van der Waals surface area (Å²) in [5.41, 5.74) is 11.2. The van der Waals surface area contributed by atoms with E-state index < -0.39 is 123 Å². The van der Waals surface area contributed by atoms with Crippen molar-refractivity contribution in [1.82, 2.24) is 23.4 Å². The minimum Gasteiger partial charge on any atom is -0.468 e. The van der Waals surface area contributed by atoms with E-state index in [1.807, 2.05) is 67.7 Å². The minimum atomic E-state index is -4.39. The summed E-state index contributed by atoms with van der Waals surface area (Å²) in [6.07, 6.45) is -3.84. The summed E-state index contributed by atoms with van der Waals surface area (Å²) < 4.78 is 93.7. The van der Waals surface area contributed by atoms with E-state index in [1.54, 1.807) is 18.2 Å². The first-order chi connectivity index (χ1) is 35.1. The molecular formula is C47H72N9O16PSSi2. The molecule has 9 atom stereocenters. The van der Waals surface area contributed by atoms with Crippen molar-refractivity contribution in [2.75, 3.05) is 20.3 Å². The van der Waals surface area contributed by atoms with Crippen LogP contribution in [0.15, 0.2) is 78.1 Å². The molecule has 76 heavy (non-hydrogen) atoms. The molecule has 3 aromatic rings. The molecule has 3 aliphatic heterocycles. The summed E-state index contributed by atoms with van der Waals surface area (Å²) >= 11 is 0. The molecule has 2 saturated heterocycles. The number of aromatic nitrogens is 4. The molecule has 0 aliphatic carbocycles. The van der Waals surface area contributed by atoms with Gasteiger partial charge in [-0.2, -0.15) is 13.5 Å². The lowest BCUT2D eigenvalue weighted by Crippen LogP contribution is -2.59. The predicted octanol–water partition coefficient (Wildman–Crippen LogP) is 5.57. The van der Waals surface area contributed by atoms with Gasteiger partial charge in [0, 0.05) is 47.9 Å². The number of nitrogens with zero attached hydrogens (tertiary/aromatic N) is 7.